The Labute approximate surface area is 443 Å². The molecule has 0 saturated heterocycles. The van der Waals surface area contributed by atoms with Crippen LogP contribution in [0.15, 0.2) is 211 Å². The Balaban J connectivity index is 1.02. The molecular formula is C68H51F3N4O2. The highest BCUT2D eigenvalue weighted by Gasteiger charge is 2.27. The van der Waals surface area contributed by atoms with Crippen molar-refractivity contribution in [2.24, 2.45) is 0 Å². The molecule has 0 aliphatic rings. The largest absolute Gasteiger partial charge is 0.457 e. The lowest BCUT2D eigenvalue weighted by molar-refractivity contribution is 0.410. The first-order chi connectivity index (χ1) is 37.1. The van der Waals surface area contributed by atoms with Gasteiger partial charge in [-0.2, -0.15) is 8.78 Å². The van der Waals surface area contributed by atoms with E-state index in [-0.39, 0.29) is 16.4 Å². The molecule has 0 amide bonds. The fourth-order valence-electron chi connectivity index (χ4n) is 10.9. The smallest absolute Gasteiger partial charge is 0.306 e. The molecular weight excluding hydrogens is 962 g/mol. The van der Waals surface area contributed by atoms with Gasteiger partial charge in [0, 0.05) is 39.4 Å². The minimum absolute atomic E-state index is 0.0796. The summed E-state index contributed by atoms with van der Waals surface area (Å²) in [6, 6.07) is 64.7. The zero-order valence-electron chi connectivity index (χ0n) is 43.3. The molecule has 0 atom stereocenters. The highest BCUT2D eigenvalue weighted by Crippen LogP contribution is 2.45. The molecule has 4 aromatic heterocycles. The van der Waals surface area contributed by atoms with Crippen molar-refractivity contribution in [1.29, 1.82) is 0 Å². The van der Waals surface area contributed by atoms with E-state index in [4.69, 9.17) is 19.1 Å². The predicted molar refractivity (Wildman–Crippen MR) is 308 cm³/mol. The fourth-order valence-corrected chi connectivity index (χ4v) is 10.9. The number of nitrogens with zero attached hydrogens (tertiary/aromatic N) is 4. The summed E-state index contributed by atoms with van der Waals surface area (Å²) >= 11 is 0. The highest BCUT2D eigenvalue weighted by atomic mass is 19.3. The minimum atomic E-state index is -2.35. The van der Waals surface area contributed by atoms with Crippen molar-refractivity contribution < 1.29 is 22.3 Å². The van der Waals surface area contributed by atoms with E-state index in [1.165, 1.54) is 17.7 Å². The molecule has 9 heteroatoms. The van der Waals surface area contributed by atoms with Crippen LogP contribution in [0.2, 0.25) is 0 Å². The standard InChI is InChI=1S/C68H51F3N4O2/c1-67(2,3)47-30-31-72-62(36-47)74-57-18-12-10-16-50(57)51-28-27-48(39-60(51)74)76-49-37-53-52-33-44-25-24-43(41-20-22-42(23-21-41)63(69)65(70)71)32-46(44)35-61(52)77-64(53)54(38-49)66-73-56-17-11-13-19-59(56)75(66)58-29-26-45(34-55(58)68(4,5)6)40-14-8-7-9-15-40/h7-39H,1-6H3. The van der Waals surface area contributed by atoms with E-state index in [9.17, 15) is 13.2 Å². The van der Waals surface area contributed by atoms with E-state index >= 15 is 0 Å². The molecule has 13 aromatic rings. The van der Waals surface area contributed by atoms with Gasteiger partial charge in [-0.1, -0.05) is 145 Å². The van der Waals surface area contributed by atoms with Crippen LogP contribution in [-0.2, 0) is 10.8 Å². The van der Waals surface area contributed by atoms with E-state index in [1.807, 2.05) is 66.9 Å². The molecule has 6 nitrogen and oxygen atoms in total. The summed E-state index contributed by atoms with van der Waals surface area (Å²) in [4.78, 5) is 10.4. The zero-order valence-corrected chi connectivity index (χ0v) is 43.3. The number of pyridine rings is 1. The van der Waals surface area contributed by atoms with Crippen LogP contribution in [0, 0.1) is 0 Å². The Bertz CT molecular complexity index is 4530. The highest BCUT2D eigenvalue weighted by molar-refractivity contribution is 6.14. The fraction of sp³-hybridized carbons (Fsp3) is 0.118. The average Bonchev–Trinajstić information content (AvgIpc) is 4.30. The molecule has 0 aliphatic carbocycles. The molecule has 77 heavy (non-hydrogen) atoms. The lowest BCUT2D eigenvalue weighted by atomic mass is 9.83. The molecule has 0 bridgehead atoms. The first-order valence-corrected chi connectivity index (χ1v) is 25.8. The number of hydrogen-bond acceptors (Lipinski definition) is 4. The maximum Gasteiger partial charge on any atom is 0.306 e. The lowest BCUT2D eigenvalue weighted by Crippen LogP contribution is -2.16. The Kier molecular flexibility index (Phi) is 11.1. The van der Waals surface area contributed by atoms with Gasteiger partial charge in [0.05, 0.1) is 33.3 Å². The van der Waals surface area contributed by atoms with Crippen LogP contribution < -0.4 is 4.74 Å². The van der Waals surface area contributed by atoms with E-state index in [2.05, 4.69) is 160 Å². The molecule has 0 unspecified atom stereocenters. The van der Waals surface area contributed by atoms with E-state index in [0.29, 0.717) is 28.5 Å². The van der Waals surface area contributed by atoms with Gasteiger partial charge in [0.1, 0.15) is 34.3 Å². The number of aromatic nitrogens is 4. The van der Waals surface area contributed by atoms with Gasteiger partial charge in [-0.3, -0.25) is 9.13 Å². The van der Waals surface area contributed by atoms with Gasteiger partial charge in [-0.25, -0.2) is 14.4 Å². The van der Waals surface area contributed by atoms with Gasteiger partial charge >= 0.3 is 6.08 Å². The molecule has 0 N–H and O–H groups in total. The van der Waals surface area contributed by atoms with Crippen molar-refractivity contribution in [1.82, 2.24) is 19.1 Å². The number of para-hydroxylation sites is 3. The number of ether oxygens (including phenoxy) is 1. The van der Waals surface area contributed by atoms with Gasteiger partial charge in [0.15, 0.2) is 5.83 Å². The number of rotatable bonds is 8. The number of fused-ring (bicyclic) bond motifs is 8. The van der Waals surface area contributed by atoms with Crippen LogP contribution in [0.1, 0.15) is 58.2 Å². The SMILES string of the molecule is CC(C)(C)c1ccnc(-n2c3ccccc3c3ccc(Oc4cc(-c5nc6ccccc6n5-c5ccc(-c6ccccc6)cc5C(C)(C)C)c5oc6cc7cc(-c8ccc(C(F)=C(F)F)cc8)ccc7cc6c5c4)cc32)c1. The van der Waals surface area contributed by atoms with Crippen molar-refractivity contribution in [2.45, 2.75) is 52.4 Å². The molecule has 0 radical (unpaired) electrons. The third kappa shape index (κ3) is 8.30. The van der Waals surface area contributed by atoms with E-state index < -0.39 is 11.9 Å². The van der Waals surface area contributed by atoms with Crippen molar-refractivity contribution in [2.75, 3.05) is 0 Å². The second kappa shape index (κ2) is 18.0. The summed E-state index contributed by atoms with van der Waals surface area (Å²) in [5.74, 6) is 1.23. The van der Waals surface area contributed by atoms with Crippen molar-refractivity contribution in [3.63, 3.8) is 0 Å². The Morgan fingerprint density at radius 1 is 0.506 bits per heavy atom. The van der Waals surface area contributed by atoms with Crippen molar-refractivity contribution in [3.05, 3.63) is 223 Å². The Hall–Kier alpha value is -9.21. The number of imidazole rings is 1. The molecule has 0 spiro atoms. The molecule has 0 fully saturated rings. The zero-order chi connectivity index (χ0) is 52.9. The molecule has 9 aromatic carbocycles. The lowest BCUT2D eigenvalue weighted by Gasteiger charge is -2.25. The maximum atomic E-state index is 14.1. The third-order valence-electron chi connectivity index (χ3n) is 14.8. The van der Waals surface area contributed by atoms with Crippen LogP contribution in [-0.4, -0.2) is 19.1 Å². The van der Waals surface area contributed by atoms with Crippen molar-refractivity contribution in [3.8, 4) is 56.6 Å². The molecule has 0 saturated carbocycles. The Morgan fingerprint density at radius 3 is 1.99 bits per heavy atom. The van der Waals surface area contributed by atoms with Gasteiger partial charge in [0.2, 0.25) is 0 Å². The second-order valence-electron chi connectivity index (χ2n) is 21.9. The summed E-state index contributed by atoms with van der Waals surface area (Å²) in [5.41, 5.74) is 12.5. The quantitative estimate of drug-likeness (QED) is 0.152. The predicted octanol–water partition coefficient (Wildman–Crippen LogP) is 19.5. The van der Waals surface area contributed by atoms with Crippen LogP contribution in [0.3, 0.4) is 0 Å². The maximum absolute atomic E-state index is 14.1. The summed E-state index contributed by atoms with van der Waals surface area (Å²) in [7, 11) is 0. The Morgan fingerprint density at radius 2 is 1.21 bits per heavy atom. The molecule has 4 heterocycles. The van der Waals surface area contributed by atoms with Crippen molar-refractivity contribution >= 4 is 71.4 Å². The summed E-state index contributed by atoms with van der Waals surface area (Å²) in [6.07, 6.45) is -0.455. The number of hydrogen-bond donors (Lipinski definition) is 0. The van der Waals surface area contributed by atoms with Gasteiger partial charge in [0.25, 0.3) is 0 Å². The van der Waals surface area contributed by atoms with Crippen LogP contribution in [0.5, 0.6) is 11.5 Å². The van der Waals surface area contributed by atoms with Gasteiger partial charge in [-0.05, 0) is 140 Å². The van der Waals surface area contributed by atoms with E-state index in [1.54, 1.807) is 12.1 Å². The van der Waals surface area contributed by atoms with E-state index in [0.717, 1.165) is 99.3 Å². The van der Waals surface area contributed by atoms with Gasteiger partial charge in [-0.15, -0.1) is 0 Å². The van der Waals surface area contributed by atoms with Crippen LogP contribution in [0.4, 0.5) is 13.2 Å². The normalized spacial score (nSPS) is 12.2. The monoisotopic (exact) mass is 1010 g/mol. The molecule has 13 rings (SSSR count). The number of benzene rings is 9. The second-order valence-corrected chi connectivity index (χ2v) is 21.9. The average molecular weight is 1010 g/mol. The first-order valence-electron chi connectivity index (χ1n) is 25.8. The topological polar surface area (TPSA) is 58.0 Å². The third-order valence-corrected chi connectivity index (χ3v) is 14.8. The molecule has 0 aliphatic heterocycles. The first kappa shape index (κ1) is 47.5. The summed E-state index contributed by atoms with van der Waals surface area (Å²) < 4.78 is 59.0. The summed E-state index contributed by atoms with van der Waals surface area (Å²) in [5, 5.41) is 5.80. The van der Waals surface area contributed by atoms with Crippen LogP contribution in [0.25, 0.3) is 117 Å². The summed E-state index contributed by atoms with van der Waals surface area (Å²) in [6.45, 7) is 13.4. The number of furan rings is 1. The van der Waals surface area contributed by atoms with Gasteiger partial charge < -0.3 is 9.15 Å². The van der Waals surface area contributed by atoms with Crippen LogP contribution >= 0.6 is 0 Å². The molecule has 376 valence electrons. The number of halogens is 3. The minimum Gasteiger partial charge on any atom is -0.457 e.